The van der Waals surface area contributed by atoms with E-state index in [1.807, 2.05) is 31.2 Å². The Morgan fingerprint density at radius 2 is 1.96 bits per heavy atom. The number of esters is 1. The lowest BCUT2D eigenvalue weighted by atomic mass is 10.1. The van der Waals surface area contributed by atoms with Crippen LogP contribution >= 0.6 is 11.6 Å². The fraction of sp³-hybridized carbons (Fsp3) is 0.381. The average molecular weight is 404 g/mol. The van der Waals surface area contributed by atoms with Crippen molar-refractivity contribution in [3.8, 4) is 0 Å². The molecule has 7 heteroatoms. The number of ether oxygens (including phenoxy) is 1. The maximum atomic E-state index is 11.9. The van der Waals surface area contributed by atoms with Crippen LogP contribution in [0.4, 0.5) is 5.69 Å². The third kappa shape index (κ3) is 6.23. The molecule has 0 fully saturated rings. The number of carbonyl (C=O) groups is 2. The molecule has 1 N–H and O–H groups in total. The molecule has 2 aromatic rings. The van der Waals surface area contributed by atoms with Crippen molar-refractivity contribution in [1.29, 1.82) is 0 Å². The number of nitrogens with one attached hydrogen (secondary N) is 1. The normalized spacial score (nSPS) is 11.2. The lowest BCUT2D eigenvalue weighted by Gasteiger charge is -2.06. The summed E-state index contributed by atoms with van der Waals surface area (Å²) in [5, 5.41) is 7.54. The Morgan fingerprint density at radius 3 is 2.57 bits per heavy atom. The molecule has 1 aromatic carbocycles. The van der Waals surface area contributed by atoms with Gasteiger partial charge in [-0.05, 0) is 43.0 Å². The Bertz CT molecular complexity index is 855. The number of hydrogen-bond acceptors (Lipinski definition) is 4. The molecule has 0 radical (unpaired) electrons. The minimum atomic E-state index is -0.622. The molecule has 6 nitrogen and oxygen atoms in total. The van der Waals surface area contributed by atoms with Gasteiger partial charge in [-0.3, -0.25) is 9.48 Å². The molecule has 0 bridgehead atoms. The summed E-state index contributed by atoms with van der Waals surface area (Å²) in [6.45, 7) is 8.36. The SMILES string of the molecule is CCc1ccc(NC(=O)COC(=O)/C=C/c2c(C)nn(CC(C)C)c2Cl)cc1. The van der Waals surface area contributed by atoms with Gasteiger partial charge in [0.25, 0.3) is 5.91 Å². The highest BCUT2D eigenvalue weighted by atomic mass is 35.5. The van der Waals surface area contributed by atoms with E-state index in [2.05, 4.69) is 31.2 Å². The van der Waals surface area contributed by atoms with Gasteiger partial charge < -0.3 is 10.1 Å². The molecule has 28 heavy (non-hydrogen) atoms. The zero-order valence-corrected chi connectivity index (χ0v) is 17.4. The molecular formula is C21H26ClN3O3. The van der Waals surface area contributed by atoms with Gasteiger partial charge in [0.1, 0.15) is 5.15 Å². The fourth-order valence-electron chi connectivity index (χ4n) is 2.58. The van der Waals surface area contributed by atoms with Crippen LogP contribution in [0.5, 0.6) is 0 Å². The number of amides is 1. The van der Waals surface area contributed by atoms with E-state index in [4.69, 9.17) is 16.3 Å². The van der Waals surface area contributed by atoms with E-state index >= 15 is 0 Å². The van der Waals surface area contributed by atoms with E-state index in [1.165, 1.54) is 11.6 Å². The van der Waals surface area contributed by atoms with Crippen LogP contribution in [0.25, 0.3) is 6.08 Å². The predicted octanol–water partition coefficient (Wildman–Crippen LogP) is 4.26. The molecule has 150 valence electrons. The quantitative estimate of drug-likeness (QED) is 0.528. The van der Waals surface area contributed by atoms with E-state index in [1.54, 1.807) is 10.8 Å². The number of anilines is 1. The zero-order chi connectivity index (χ0) is 20.7. The van der Waals surface area contributed by atoms with Crippen molar-refractivity contribution in [2.75, 3.05) is 11.9 Å². The minimum Gasteiger partial charge on any atom is -0.452 e. The third-order valence-corrected chi connectivity index (χ3v) is 4.42. The van der Waals surface area contributed by atoms with Gasteiger partial charge >= 0.3 is 5.97 Å². The molecule has 0 aliphatic rings. The van der Waals surface area contributed by atoms with Crippen LogP contribution in [-0.4, -0.2) is 28.3 Å². The van der Waals surface area contributed by atoms with Gasteiger partial charge in [-0.2, -0.15) is 5.10 Å². The smallest absolute Gasteiger partial charge is 0.331 e. The first-order valence-electron chi connectivity index (χ1n) is 9.26. The molecule has 0 saturated heterocycles. The van der Waals surface area contributed by atoms with Gasteiger partial charge in [-0.25, -0.2) is 4.79 Å². The summed E-state index contributed by atoms with van der Waals surface area (Å²) in [7, 11) is 0. The van der Waals surface area contributed by atoms with Crippen LogP contribution in [0, 0.1) is 12.8 Å². The Balaban J connectivity index is 1.88. The van der Waals surface area contributed by atoms with Crippen LogP contribution < -0.4 is 5.32 Å². The number of aromatic nitrogens is 2. The molecular weight excluding hydrogens is 378 g/mol. The van der Waals surface area contributed by atoms with Crippen molar-refractivity contribution in [2.45, 2.75) is 40.7 Å². The highest BCUT2D eigenvalue weighted by Crippen LogP contribution is 2.22. The maximum absolute atomic E-state index is 11.9. The molecule has 1 aromatic heterocycles. The molecule has 1 amide bonds. The third-order valence-electron chi connectivity index (χ3n) is 4.02. The zero-order valence-electron chi connectivity index (χ0n) is 16.7. The standard InChI is InChI=1S/C21H26ClN3O3/c1-5-16-6-8-17(9-7-16)23-19(26)13-28-20(27)11-10-18-15(4)24-25(21(18)22)12-14(2)3/h6-11,14H,5,12-13H2,1-4H3,(H,23,26)/b11-10+. The highest BCUT2D eigenvalue weighted by Gasteiger charge is 2.13. The lowest BCUT2D eigenvalue weighted by Crippen LogP contribution is -2.20. The summed E-state index contributed by atoms with van der Waals surface area (Å²) in [5.41, 5.74) is 3.23. The first kappa shape index (κ1) is 21.7. The summed E-state index contributed by atoms with van der Waals surface area (Å²) < 4.78 is 6.70. The Hall–Kier alpha value is -2.60. The number of nitrogens with zero attached hydrogens (tertiary/aromatic N) is 2. The van der Waals surface area contributed by atoms with E-state index in [-0.39, 0.29) is 6.61 Å². The molecule has 0 unspecified atom stereocenters. The first-order chi connectivity index (χ1) is 13.3. The van der Waals surface area contributed by atoms with Crippen molar-refractivity contribution in [1.82, 2.24) is 9.78 Å². The number of halogens is 1. The molecule has 0 saturated carbocycles. The fourth-order valence-corrected chi connectivity index (χ4v) is 2.89. The van der Waals surface area contributed by atoms with Crippen molar-refractivity contribution in [2.24, 2.45) is 5.92 Å². The van der Waals surface area contributed by atoms with Crippen LogP contribution in [0.2, 0.25) is 5.15 Å². The molecule has 0 aliphatic carbocycles. The van der Waals surface area contributed by atoms with E-state index < -0.39 is 11.9 Å². The van der Waals surface area contributed by atoms with Gasteiger partial charge in [-0.15, -0.1) is 0 Å². The van der Waals surface area contributed by atoms with Crippen LogP contribution in [-0.2, 0) is 27.3 Å². The number of hydrogen-bond donors (Lipinski definition) is 1. The monoisotopic (exact) mass is 403 g/mol. The summed E-state index contributed by atoms with van der Waals surface area (Å²) in [4.78, 5) is 23.8. The Labute approximate surface area is 170 Å². The second kappa shape index (κ2) is 10.1. The number of carbonyl (C=O) groups excluding carboxylic acids is 2. The summed E-state index contributed by atoms with van der Waals surface area (Å²) >= 11 is 6.33. The number of benzene rings is 1. The molecule has 1 heterocycles. The molecule has 0 aliphatic heterocycles. The Kier molecular flexibility index (Phi) is 7.81. The molecule has 0 spiro atoms. The van der Waals surface area contributed by atoms with Crippen molar-refractivity contribution in [3.63, 3.8) is 0 Å². The van der Waals surface area contributed by atoms with E-state index in [9.17, 15) is 9.59 Å². The van der Waals surface area contributed by atoms with Gasteiger partial charge in [0.2, 0.25) is 0 Å². The summed E-state index contributed by atoms with van der Waals surface area (Å²) in [5.74, 6) is -0.621. The second-order valence-electron chi connectivity index (χ2n) is 6.91. The minimum absolute atomic E-state index is 0.363. The molecule has 2 rings (SSSR count). The van der Waals surface area contributed by atoms with E-state index in [0.29, 0.717) is 28.9 Å². The number of rotatable bonds is 8. The highest BCUT2D eigenvalue weighted by molar-refractivity contribution is 6.31. The maximum Gasteiger partial charge on any atom is 0.331 e. The summed E-state index contributed by atoms with van der Waals surface area (Å²) in [6.07, 6.45) is 3.74. The second-order valence-corrected chi connectivity index (χ2v) is 7.26. The van der Waals surface area contributed by atoms with Gasteiger partial charge in [-0.1, -0.05) is 44.5 Å². The van der Waals surface area contributed by atoms with Gasteiger partial charge in [0.05, 0.1) is 5.69 Å². The Morgan fingerprint density at radius 1 is 1.29 bits per heavy atom. The molecule has 0 atom stereocenters. The number of aryl methyl sites for hydroxylation is 2. The average Bonchev–Trinajstić information content (AvgIpc) is 2.91. The van der Waals surface area contributed by atoms with Crippen molar-refractivity contribution >= 4 is 35.2 Å². The van der Waals surface area contributed by atoms with Crippen molar-refractivity contribution in [3.05, 3.63) is 52.3 Å². The summed E-state index contributed by atoms with van der Waals surface area (Å²) in [6, 6.07) is 7.52. The van der Waals surface area contributed by atoms with Crippen LogP contribution in [0.1, 0.15) is 37.6 Å². The van der Waals surface area contributed by atoms with E-state index in [0.717, 1.165) is 12.1 Å². The lowest BCUT2D eigenvalue weighted by molar-refractivity contribution is -0.142. The van der Waals surface area contributed by atoms with Gasteiger partial charge in [0.15, 0.2) is 6.61 Å². The first-order valence-corrected chi connectivity index (χ1v) is 9.64. The van der Waals surface area contributed by atoms with Crippen LogP contribution in [0.15, 0.2) is 30.3 Å². The van der Waals surface area contributed by atoms with Gasteiger partial charge in [0, 0.05) is 23.9 Å². The van der Waals surface area contributed by atoms with Crippen LogP contribution in [0.3, 0.4) is 0 Å². The van der Waals surface area contributed by atoms with Crippen molar-refractivity contribution < 1.29 is 14.3 Å². The predicted molar refractivity (Wildman–Crippen MR) is 111 cm³/mol. The topological polar surface area (TPSA) is 73.2 Å². The largest absolute Gasteiger partial charge is 0.452 e.